The van der Waals surface area contributed by atoms with Crippen LogP contribution in [0.15, 0.2) is 42.5 Å². The van der Waals surface area contributed by atoms with Crippen LogP contribution in [0.2, 0.25) is 10.0 Å². The lowest BCUT2D eigenvalue weighted by molar-refractivity contribution is -0.117. The zero-order valence-corrected chi connectivity index (χ0v) is 14.1. The highest BCUT2D eigenvalue weighted by Gasteiger charge is 2.10. The molecule has 0 aliphatic carbocycles. The smallest absolute Gasteiger partial charge is 0.238 e. The highest BCUT2D eigenvalue weighted by atomic mass is 35.5. The summed E-state index contributed by atoms with van der Waals surface area (Å²) in [5, 5.41) is 4.23. The van der Waals surface area contributed by atoms with Crippen LogP contribution in [0.3, 0.4) is 0 Å². The van der Waals surface area contributed by atoms with Crippen molar-refractivity contribution in [2.45, 2.75) is 13.5 Å². The Balaban J connectivity index is 1.92. The van der Waals surface area contributed by atoms with Crippen molar-refractivity contribution in [3.63, 3.8) is 0 Å². The molecule has 0 fully saturated rings. The van der Waals surface area contributed by atoms with E-state index in [0.717, 1.165) is 16.8 Å². The normalized spacial score (nSPS) is 10.8. The summed E-state index contributed by atoms with van der Waals surface area (Å²) in [5.74, 6) is -0.0742. The first kappa shape index (κ1) is 16.8. The predicted molar refractivity (Wildman–Crippen MR) is 92.6 cm³/mol. The number of hydrogen-bond acceptors (Lipinski definition) is 2. The number of nitrogens with one attached hydrogen (secondary N) is 1. The van der Waals surface area contributed by atoms with Crippen LogP contribution in [0.4, 0.5) is 5.69 Å². The number of carbonyl (C=O) groups is 1. The van der Waals surface area contributed by atoms with Crippen molar-refractivity contribution in [2.24, 2.45) is 0 Å². The molecule has 3 nitrogen and oxygen atoms in total. The van der Waals surface area contributed by atoms with E-state index in [1.807, 2.05) is 55.3 Å². The Morgan fingerprint density at radius 2 is 1.91 bits per heavy atom. The Labute approximate surface area is 140 Å². The third-order valence-electron chi connectivity index (χ3n) is 3.30. The molecule has 2 aromatic rings. The molecule has 0 heterocycles. The highest BCUT2D eigenvalue weighted by Crippen LogP contribution is 2.22. The van der Waals surface area contributed by atoms with Crippen LogP contribution in [0.5, 0.6) is 0 Å². The van der Waals surface area contributed by atoms with Gasteiger partial charge in [-0.2, -0.15) is 0 Å². The van der Waals surface area contributed by atoms with Gasteiger partial charge < -0.3 is 5.32 Å². The van der Waals surface area contributed by atoms with Crippen LogP contribution in [-0.2, 0) is 11.3 Å². The monoisotopic (exact) mass is 336 g/mol. The Morgan fingerprint density at radius 3 is 2.64 bits per heavy atom. The minimum Gasteiger partial charge on any atom is -0.325 e. The van der Waals surface area contributed by atoms with E-state index in [9.17, 15) is 4.79 Å². The second-order valence-electron chi connectivity index (χ2n) is 5.26. The molecule has 2 rings (SSSR count). The number of halogens is 2. The van der Waals surface area contributed by atoms with Gasteiger partial charge in [0.25, 0.3) is 0 Å². The highest BCUT2D eigenvalue weighted by molar-refractivity contribution is 6.31. The van der Waals surface area contributed by atoms with Crippen molar-refractivity contribution in [2.75, 3.05) is 18.9 Å². The van der Waals surface area contributed by atoms with E-state index in [4.69, 9.17) is 23.2 Å². The summed E-state index contributed by atoms with van der Waals surface area (Å²) in [4.78, 5) is 14.1. The average molecular weight is 337 g/mol. The molecule has 0 aliphatic rings. The van der Waals surface area contributed by atoms with E-state index in [2.05, 4.69) is 5.32 Å². The lowest BCUT2D eigenvalue weighted by Crippen LogP contribution is -2.30. The van der Waals surface area contributed by atoms with Crippen molar-refractivity contribution >= 4 is 34.8 Å². The van der Waals surface area contributed by atoms with Gasteiger partial charge in [-0.05, 0) is 49.4 Å². The zero-order valence-electron chi connectivity index (χ0n) is 12.6. The molecule has 0 saturated carbocycles. The second-order valence-corrected chi connectivity index (χ2v) is 6.11. The molecule has 5 heteroatoms. The van der Waals surface area contributed by atoms with E-state index in [0.29, 0.717) is 23.1 Å². The first-order valence-electron chi connectivity index (χ1n) is 6.93. The van der Waals surface area contributed by atoms with Gasteiger partial charge in [0.05, 0.1) is 6.54 Å². The summed E-state index contributed by atoms with van der Waals surface area (Å²) in [7, 11) is 1.89. The zero-order chi connectivity index (χ0) is 16.1. The molecule has 0 bridgehead atoms. The van der Waals surface area contributed by atoms with Crippen LogP contribution in [0, 0.1) is 6.92 Å². The van der Waals surface area contributed by atoms with E-state index in [-0.39, 0.29) is 5.91 Å². The summed E-state index contributed by atoms with van der Waals surface area (Å²) in [6.07, 6.45) is 0. The number of hydrogen-bond donors (Lipinski definition) is 1. The fraction of sp³-hybridized carbons (Fsp3) is 0.235. The predicted octanol–water partition coefficient (Wildman–Crippen LogP) is 4.37. The van der Waals surface area contributed by atoms with Gasteiger partial charge in [-0.15, -0.1) is 0 Å². The summed E-state index contributed by atoms with van der Waals surface area (Å²) in [5.41, 5.74) is 2.69. The molecule has 0 atom stereocenters. The van der Waals surface area contributed by atoms with Crippen molar-refractivity contribution in [3.8, 4) is 0 Å². The minimum absolute atomic E-state index is 0.0742. The fourth-order valence-electron chi connectivity index (χ4n) is 2.18. The number of benzene rings is 2. The average Bonchev–Trinajstić information content (AvgIpc) is 2.43. The maximum absolute atomic E-state index is 12.1. The maximum atomic E-state index is 12.1. The first-order chi connectivity index (χ1) is 10.5. The molecule has 0 spiro atoms. The van der Waals surface area contributed by atoms with Gasteiger partial charge >= 0.3 is 0 Å². The van der Waals surface area contributed by atoms with Crippen molar-refractivity contribution in [3.05, 3.63) is 63.6 Å². The molecular formula is C17H18Cl2N2O. The van der Waals surface area contributed by atoms with E-state index >= 15 is 0 Å². The molecule has 116 valence electrons. The Bertz CT molecular complexity index is 673. The number of carbonyl (C=O) groups excluding carboxylic acids is 1. The van der Waals surface area contributed by atoms with Crippen LogP contribution < -0.4 is 5.32 Å². The fourth-order valence-corrected chi connectivity index (χ4v) is 2.57. The lowest BCUT2D eigenvalue weighted by Gasteiger charge is -2.17. The van der Waals surface area contributed by atoms with Gasteiger partial charge in [0.1, 0.15) is 0 Å². The van der Waals surface area contributed by atoms with Crippen molar-refractivity contribution in [1.29, 1.82) is 0 Å². The molecule has 0 unspecified atom stereocenters. The molecule has 1 N–H and O–H groups in total. The first-order valence-corrected chi connectivity index (χ1v) is 7.69. The van der Waals surface area contributed by atoms with Gasteiger partial charge in [0, 0.05) is 22.3 Å². The molecule has 22 heavy (non-hydrogen) atoms. The SMILES string of the molecule is Cc1c(Cl)cccc1NC(=O)CN(C)Cc1cccc(Cl)c1. The Kier molecular flexibility index (Phi) is 5.83. The third kappa shape index (κ3) is 4.73. The van der Waals surface area contributed by atoms with Gasteiger partial charge in [-0.3, -0.25) is 9.69 Å². The standard InChI is InChI=1S/C17H18Cl2N2O/c1-12-15(19)7-4-8-16(12)20-17(22)11-21(2)10-13-5-3-6-14(18)9-13/h3-9H,10-11H2,1-2H3,(H,20,22). The molecule has 0 aliphatic heterocycles. The molecule has 1 amide bonds. The van der Waals surface area contributed by atoms with Crippen LogP contribution >= 0.6 is 23.2 Å². The van der Waals surface area contributed by atoms with Crippen molar-refractivity contribution in [1.82, 2.24) is 4.90 Å². The Morgan fingerprint density at radius 1 is 1.18 bits per heavy atom. The topological polar surface area (TPSA) is 32.3 Å². The molecule has 0 radical (unpaired) electrons. The van der Waals surface area contributed by atoms with Gasteiger partial charge in [-0.25, -0.2) is 0 Å². The number of likely N-dealkylation sites (N-methyl/N-ethyl adjacent to an activating group) is 1. The molecule has 2 aromatic carbocycles. The third-order valence-corrected chi connectivity index (χ3v) is 3.94. The van der Waals surface area contributed by atoms with E-state index in [1.54, 1.807) is 6.07 Å². The summed E-state index contributed by atoms with van der Waals surface area (Å²) < 4.78 is 0. The van der Waals surface area contributed by atoms with Crippen LogP contribution in [0.1, 0.15) is 11.1 Å². The maximum Gasteiger partial charge on any atom is 0.238 e. The van der Waals surface area contributed by atoms with Crippen LogP contribution in [-0.4, -0.2) is 24.4 Å². The number of rotatable bonds is 5. The van der Waals surface area contributed by atoms with E-state index in [1.165, 1.54) is 0 Å². The molecule has 0 saturated heterocycles. The molecule has 0 aromatic heterocycles. The number of amides is 1. The number of anilines is 1. The van der Waals surface area contributed by atoms with E-state index < -0.39 is 0 Å². The minimum atomic E-state index is -0.0742. The van der Waals surface area contributed by atoms with Crippen molar-refractivity contribution < 1.29 is 4.79 Å². The largest absolute Gasteiger partial charge is 0.325 e. The Hall–Kier alpha value is -1.55. The number of nitrogens with zero attached hydrogens (tertiary/aromatic N) is 1. The quantitative estimate of drug-likeness (QED) is 0.879. The van der Waals surface area contributed by atoms with Gasteiger partial charge in [0.2, 0.25) is 5.91 Å². The van der Waals surface area contributed by atoms with Gasteiger partial charge in [0.15, 0.2) is 0 Å². The van der Waals surface area contributed by atoms with Gasteiger partial charge in [-0.1, -0.05) is 41.4 Å². The summed E-state index contributed by atoms with van der Waals surface area (Å²) >= 11 is 12.0. The lowest BCUT2D eigenvalue weighted by atomic mass is 10.2. The summed E-state index contributed by atoms with van der Waals surface area (Å²) in [6.45, 7) is 2.83. The molecular weight excluding hydrogens is 319 g/mol. The second kappa shape index (κ2) is 7.63. The van der Waals surface area contributed by atoms with Crippen LogP contribution in [0.25, 0.3) is 0 Å². The summed E-state index contributed by atoms with van der Waals surface area (Å²) in [6, 6.07) is 13.1.